The molecule has 1 heterocycles. The second-order valence-electron chi connectivity index (χ2n) is 6.09. The maximum Gasteiger partial charge on any atom is 0.0548 e. The Morgan fingerprint density at radius 1 is 1.50 bits per heavy atom. The van der Waals surface area contributed by atoms with E-state index in [1.165, 1.54) is 5.69 Å². The molecular weight excluding hydrogens is 200 g/mol. The zero-order valence-electron chi connectivity index (χ0n) is 10.7. The van der Waals surface area contributed by atoms with E-state index < -0.39 is 0 Å². The van der Waals surface area contributed by atoms with Crippen molar-refractivity contribution in [2.75, 3.05) is 6.61 Å². The largest absolute Gasteiger partial charge is 0.395 e. The van der Waals surface area contributed by atoms with Gasteiger partial charge in [0.05, 0.1) is 6.61 Å². The van der Waals surface area contributed by atoms with Crippen LogP contribution in [0.5, 0.6) is 0 Å². The van der Waals surface area contributed by atoms with Crippen LogP contribution in [-0.2, 0) is 12.0 Å². The molecule has 3 nitrogen and oxygen atoms in total. The zero-order valence-corrected chi connectivity index (χ0v) is 10.7. The monoisotopic (exact) mass is 222 g/mol. The van der Waals surface area contributed by atoms with Crippen LogP contribution in [0.1, 0.15) is 39.8 Å². The number of aliphatic hydroxyl groups excluding tert-OH is 1. The molecule has 3 heteroatoms. The van der Waals surface area contributed by atoms with E-state index >= 15 is 0 Å². The summed E-state index contributed by atoms with van der Waals surface area (Å²) in [6, 6.07) is 2.06. The van der Waals surface area contributed by atoms with Gasteiger partial charge in [-0.15, -0.1) is 0 Å². The molecule has 0 aliphatic heterocycles. The Labute approximate surface area is 97.5 Å². The topological polar surface area (TPSA) is 38.0 Å². The molecule has 0 saturated heterocycles. The third-order valence-electron chi connectivity index (χ3n) is 3.93. The van der Waals surface area contributed by atoms with E-state index in [-0.39, 0.29) is 17.4 Å². The van der Waals surface area contributed by atoms with Gasteiger partial charge in [-0.1, -0.05) is 27.7 Å². The Morgan fingerprint density at radius 2 is 2.12 bits per heavy atom. The van der Waals surface area contributed by atoms with Crippen molar-refractivity contribution in [1.82, 2.24) is 9.78 Å². The lowest BCUT2D eigenvalue weighted by atomic mass is 9.93. The Balaban J connectivity index is 2.31. The first-order valence-electron chi connectivity index (χ1n) is 6.06. The second kappa shape index (κ2) is 3.59. The van der Waals surface area contributed by atoms with Gasteiger partial charge in [-0.3, -0.25) is 4.68 Å². The van der Waals surface area contributed by atoms with Crippen LogP contribution in [0.3, 0.4) is 0 Å². The lowest BCUT2D eigenvalue weighted by Gasteiger charge is -2.20. The molecule has 1 atom stereocenters. The highest BCUT2D eigenvalue weighted by Crippen LogP contribution is 2.63. The standard InChI is InChI=1S/C13H22N2O/c1-10(2)7-15-11(5-6-14-15)13(9-16)8-12(13,3)4/h5-6,10,16H,7-9H2,1-4H3. The summed E-state index contributed by atoms with van der Waals surface area (Å²) in [5.41, 5.74) is 1.35. The van der Waals surface area contributed by atoms with Crippen LogP contribution in [0.2, 0.25) is 0 Å². The van der Waals surface area contributed by atoms with Crippen molar-refractivity contribution in [2.24, 2.45) is 11.3 Å². The van der Waals surface area contributed by atoms with Crippen molar-refractivity contribution in [3.8, 4) is 0 Å². The van der Waals surface area contributed by atoms with Gasteiger partial charge >= 0.3 is 0 Å². The normalized spacial score (nSPS) is 27.4. The molecule has 1 aromatic heterocycles. The molecule has 0 aromatic carbocycles. The summed E-state index contributed by atoms with van der Waals surface area (Å²) in [5.74, 6) is 0.580. The van der Waals surface area contributed by atoms with Crippen LogP contribution in [0.15, 0.2) is 12.3 Å². The molecule has 1 saturated carbocycles. The molecule has 0 radical (unpaired) electrons. The van der Waals surface area contributed by atoms with Crippen LogP contribution >= 0.6 is 0 Å². The lowest BCUT2D eigenvalue weighted by Crippen LogP contribution is -2.24. The number of nitrogens with zero attached hydrogens (tertiary/aromatic N) is 2. The Kier molecular flexibility index (Phi) is 2.61. The fraction of sp³-hybridized carbons (Fsp3) is 0.769. The minimum Gasteiger partial charge on any atom is -0.395 e. The summed E-state index contributed by atoms with van der Waals surface area (Å²) in [4.78, 5) is 0. The first-order valence-corrected chi connectivity index (χ1v) is 6.06. The predicted octanol–water partition coefficient (Wildman–Crippen LogP) is 2.20. The van der Waals surface area contributed by atoms with E-state index in [0.717, 1.165) is 13.0 Å². The van der Waals surface area contributed by atoms with Crippen LogP contribution in [-0.4, -0.2) is 21.5 Å². The van der Waals surface area contributed by atoms with Gasteiger partial charge < -0.3 is 5.11 Å². The molecule has 1 aliphatic rings. The Hall–Kier alpha value is -0.830. The van der Waals surface area contributed by atoms with Gasteiger partial charge in [0.2, 0.25) is 0 Å². The van der Waals surface area contributed by atoms with Crippen molar-refractivity contribution < 1.29 is 5.11 Å². The molecule has 2 rings (SSSR count). The predicted molar refractivity (Wildman–Crippen MR) is 64.2 cm³/mol. The first-order chi connectivity index (χ1) is 7.43. The molecule has 16 heavy (non-hydrogen) atoms. The number of aliphatic hydroxyl groups is 1. The van der Waals surface area contributed by atoms with Gasteiger partial charge in [-0.05, 0) is 23.8 Å². The molecule has 90 valence electrons. The maximum atomic E-state index is 9.68. The summed E-state index contributed by atoms with van der Waals surface area (Å²) in [5, 5.41) is 14.1. The number of aromatic nitrogens is 2. The van der Waals surface area contributed by atoms with Gasteiger partial charge in [-0.2, -0.15) is 5.10 Å². The van der Waals surface area contributed by atoms with Gasteiger partial charge in [0.15, 0.2) is 0 Å². The van der Waals surface area contributed by atoms with E-state index in [1.807, 2.05) is 6.20 Å². The van der Waals surface area contributed by atoms with E-state index in [4.69, 9.17) is 0 Å². The first kappa shape index (κ1) is 11.6. The molecule has 1 N–H and O–H groups in total. The lowest BCUT2D eigenvalue weighted by molar-refractivity contribution is 0.222. The highest BCUT2D eigenvalue weighted by molar-refractivity contribution is 5.32. The average molecular weight is 222 g/mol. The van der Waals surface area contributed by atoms with Crippen molar-refractivity contribution in [3.63, 3.8) is 0 Å². The highest BCUT2D eigenvalue weighted by Gasteiger charge is 2.63. The molecule has 0 amide bonds. The van der Waals surface area contributed by atoms with Crippen LogP contribution in [0.4, 0.5) is 0 Å². The quantitative estimate of drug-likeness (QED) is 0.848. The number of rotatable bonds is 4. The smallest absolute Gasteiger partial charge is 0.0548 e. The molecular formula is C13H22N2O. The molecule has 1 aromatic rings. The van der Waals surface area contributed by atoms with E-state index in [1.54, 1.807) is 0 Å². The molecule has 1 fully saturated rings. The van der Waals surface area contributed by atoms with Crippen LogP contribution in [0, 0.1) is 11.3 Å². The second-order valence-corrected chi connectivity index (χ2v) is 6.09. The summed E-state index contributed by atoms with van der Waals surface area (Å²) in [7, 11) is 0. The van der Waals surface area contributed by atoms with Gasteiger partial charge in [0, 0.05) is 23.9 Å². The third kappa shape index (κ3) is 1.58. The highest BCUT2D eigenvalue weighted by atomic mass is 16.3. The van der Waals surface area contributed by atoms with E-state index in [0.29, 0.717) is 5.92 Å². The summed E-state index contributed by atoms with van der Waals surface area (Å²) in [6.45, 7) is 9.97. The van der Waals surface area contributed by atoms with Gasteiger partial charge in [0.25, 0.3) is 0 Å². The Morgan fingerprint density at radius 3 is 2.56 bits per heavy atom. The van der Waals surface area contributed by atoms with Gasteiger partial charge in [-0.25, -0.2) is 0 Å². The fourth-order valence-corrected chi connectivity index (χ4v) is 2.73. The summed E-state index contributed by atoms with van der Waals surface area (Å²) < 4.78 is 2.07. The van der Waals surface area contributed by atoms with Crippen molar-refractivity contribution in [2.45, 2.75) is 46.1 Å². The average Bonchev–Trinajstić information content (AvgIpc) is 2.57. The Bertz CT molecular complexity index is 381. The van der Waals surface area contributed by atoms with Crippen LogP contribution in [0.25, 0.3) is 0 Å². The van der Waals surface area contributed by atoms with Crippen molar-refractivity contribution in [3.05, 3.63) is 18.0 Å². The molecule has 0 bridgehead atoms. The van der Waals surface area contributed by atoms with Crippen molar-refractivity contribution >= 4 is 0 Å². The minimum atomic E-state index is -0.0572. The molecule has 1 aliphatic carbocycles. The third-order valence-corrected chi connectivity index (χ3v) is 3.93. The maximum absolute atomic E-state index is 9.68. The van der Waals surface area contributed by atoms with E-state index in [2.05, 4.69) is 43.5 Å². The SMILES string of the molecule is CC(C)Cn1nccc1C1(CO)CC1(C)C. The fourth-order valence-electron chi connectivity index (χ4n) is 2.73. The molecule has 1 unspecified atom stereocenters. The number of hydrogen-bond acceptors (Lipinski definition) is 2. The molecule has 0 spiro atoms. The van der Waals surface area contributed by atoms with Crippen LogP contribution < -0.4 is 0 Å². The minimum absolute atomic E-state index is 0.0572. The number of hydrogen-bond donors (Lipinski definition) is 1. The zero-order chi connectivity index (χ0) is 12.0. The van der Waals surface area contributed by atoms with Crippen molar-refractivity contribution in [1.29, 1.82) is 0 Å². The van der Waals surface area contributed by atoms with E-state index in [9.17, 15) is 5.11 Å². The summed E-state index contributed by atoms with van der Waals surface area (Å²) in [6.07, 6.45) is 2.91. The van der Waals surface area contributed by atoms with Gasteiger partial charge in [0.1, 0.15) is 0 Å². The summed E-state index contributed by atoms with van der Waals surface area (Å²) >= 11 is 0.